The second-order valence-corrected chi connectivity index (χ2v) is 7.48. The van der Waals surface area contributed by atoms with Gasteiger partial charge in [0.1, 0.15) is 22.9 Å². The molecule has 0 aliphatic rings. The Balaban J connectivity index is 2.17. The minimum Gasteiger partial charge on any atom is -0.480 e. The molecule has 2 heterocycles. The van der Waals surface area contributed by atoms with E-state index in [2.05, 4.69) is 15.4 Å². The quantitative estimate of drug-likeness (QED) is 0.364. The van der Waals surface area contributed by atoms with Crippen molar-refractivity contribution in [1.29, 1.82) is 0 Å². The fourth-order valence-corrected chi connectivity index (χ4v) is 3.21. The maximum atomic E-state index is 15.1. The third kappa shape index (κ3) is 5.06. The Labute approximate surface area is 201 Å². The number of ether oxygens (including phenoxy) is 2. The molecule has 192 valence electrons. The lowest BCUT2D eigenvalue weighted by Crippen LogP contribution is -2.32. The van der Waals surface area contributed by atoms with Gasteiger partial charge in [-0.05, 0) is 38.5 Å². The Morgan fingerprint density at radius 1 is 1.31 bits per heavy atom. The number of anilines is 1. The van der Waals surface area contributed by atoms with Crippen LogP contribution in [0.3, 0.4) is 0 Å². The zero-order valence-electron chi connectivity index (χ0n) is 19.5. The molecule has 10 nitrogen and oxygen atoms in total. The molecule has 14 heteroatoms. The van der Waals surface area contributed by atoms with Gasteiger partial charge in [-0.25, -0.2) is 14.2 Å². The second-order valence-electron chi connectivity index (χ2n) is 7.48. The number of nitrogens with one attached hydrogen (secondary N) is 1. The molecule has 1 N–H and O–H groups in total. The lowest BCUT2D eigenvalue weighted by molar-refractivity contribution is -0.189. The summed E-state index contributed by atoms with van der Waals surface area (Å²) in [5.41, 5.74) is -1.52. The minimum absolute atomic E-state index is 0.0182. The van der Waals surface area contributed by atoms with E-state index in [4.69, 9.17) is 9.47 Å². The number of carbonyl (C=O) groups is 2. The van der Waals surface area contributed by atoms with Gasteiger partial charge in [-0.3, -0.25) is 14.2 Å². The molecule has 0 spiro atoms. The van der Waals surface area contributed by atoms with Crippen LogP contribution in [0.15, 0.2) is 29.2 Å². The molecule has 3 aromatic rings. The van der Waals surface area contributed by atoms with E-state index in [-0.39, 0.29) is 30.2 Å². The normalized spacial score (nSPS) is 12.2. The van der Waals surface area contributed by atoms with Gasteiger partial charge in [-0.2, -0.15) is 17.9 Å². The van der Waals surface area contributed by atoms with Gasteiger partial charge >= 0.3 is 11.9 Å². The fourth-order valence-electron chi connectivity index (χ4n) is 3.21. The summed E-state index contributed by atoms with van der Waals surface area (Å²) in [6, 6.07) is 2.90. The molecule has 1 aromatic carbocycles. The largest absolute Gasteiger partial charge is 0.480 e. The van der Waals surface area contributed by atoms with Crippen LogP contribution in [0.5, 0.6) is 11.6 Å². The molecule has 36 heavy (non-hydrogen) atoms. The van der Waals surface area contributed by atoms with Crippen LogP contribution in [0.25, 0.3) is 5.69 Å². The molecule has 1 atom stereocenters. The molecular weight excluding hydrogens is 490 g/mol. The van der Waals surface area contributed by atoms with E-state index in [1.54, 1.807) is 19.9 Å². The average Bonchev–Trinajstić information content (AvgIpc) is 3.15. The second kappa shape index (κ2) is 10.2. The van der Waals surface area contributed by atoms with Gasteiger partial charge in [0, 0.05) is 18.8 Å². The van der Waals surface area contributed by atoms with Crippen LogP contribution >= 0.6 is 0 Å². The summed E-state index contributed by atoms with van der Waals surface area (Å²) in [4.78, 5) is 40.8. The predicted octanol–water partition coefficient (Wildman–Crippen LogP) is 3.30. The van der Waals surface area contributed by atoms with Crippen molar-refractivity contribution in [2.75, 3.05) is 12.4 Å². The maximum absolute atomic E-state index is 15.1. The lowest BCUT2D eigenvalue weighted by atomic mass is 10.1. The summed E-state index contributed by atoms with van der Waals surface area (Å²) in [6.07, 6.45) is -5.53. The highest BCUT2D eigenvalue weighted by Crippen LogP contribution is 2.32. The first kappa shape index (κ1) is 26.4. The molecule has 1 amide bonds. The molecule has 3 rings (SSSR count). The number of aromatic nitrogens is 4. The van der Waals surface area contributed by atoms with Crippen LogP contribution in [0.2, 0.25) is 0 Å². The summed E-state index contributed by atoms with van der Waals surface area (Å²) in [6.45, 7) is 3.88. The smallest absolute Gasteiger partial charge is 0.425 e. The van der Waals surface area contributed by atoms with Crippen LogP contribution in [-0.4, -0.2) is 50.9 Å². The molecule has 1 unspecified atom stereocenters. The summed E-state index contributed by atoms with van der Waals surface area (Å²) in [7, 11) is 1.30. The highest BCUT2D eigenvalue weighted by atomic mass is 19.4. The molecule has 2 aromatic heterocycles. The summed E-state index contributed by atoms with van der Waals surface area (Å²) in [5, 5.41) is 6.17. The van der Waals surface area contributed by atoms with Crippen molar-refractivity contribution >= 4 is 17.9 Å². The predicted molar refractivity (Wildman–Crippen MR) is 118 cm³/mol. The van der Waals surface area contributed by atoms with Crippen molar-refractivity contribution < 1.29 is 36.6 Å². The van der Waals surface area contributed by atoms with Gasteiger partial charge in [0.25, 0.3) is 5.91 Å². The Morgan fingerprint density at radius 2 is 2.00 bits per heavy atom. The standard InChI is InChI=1S/C22H21F4N5O5/c1-5-30-17(10-32)29-31(21(30)34)15-9-16(36-12(3)22(24,25)26)13(8-14(15)23)19(33)28-18-11(2)6-7-27-20(18)35-4/h6-10,12H,5H2,1-4H3,(H,28,33). The van der Waals surface area contributed by atoms with Crippen molar-refractivity contribution in [1.82, 2.24) is 19.3 Å². The number of hydrogen-bond donors (Lipinski definition) is 1. The fraction of sp³-hybridized carbons (Fsp3) is 0.318. The first-order valence-electron chi connectivity index (χ1n) is 10.5. The van der Waals surface area contributed by atoms with Crippen LogP contribution in [0.4, 0.5) is 23.2 Å². The SMILES string of the molecule is CCn1c(C=O)nn(-c2cc(OC(C)C(F)(F)F)c(C(=O)Nc3c(C)ccnc3OC)cc2F)c1=O. The van der Waals surface area contributed by atoms with E-state index in [1.165, 1.54) is 13.3 Å². The molecule has 0 bridgehead atoms. The van der Waals surface area contributed by atoms with Crippen molar-refractivity contribution in [2.24, 2.45) is 0 Å². The highest BCUT2D eigenvalue weighted by Gasteiger charge is 2.39. The number of aldehydes is 1. The first-order valence-corrected chi connectivity index (χ1v) is 10.5. The van der Waals surface area contributed by atoms with E-state index in [0.29, 0.717) is 23.2 Å². The molecule has 0 radical (unpaired) electrons. The highest BCUT2D eigenvalue weighted by molar-refractivity contribution is 6.07. The third-order valence-electron chi connectivity index (χ3n) is 5.16. The minimum atomic E-state index is -4.82. The Kier molecular flexibility index (Phi) is 7.45. The van der Waals surface area contributed by atoms with Gasteiger partial charge < -0.3 is 14.8 Å². The number of carbonyl (C=O) groups excluding carboxylic acids is 2. The number of halogens is 4. The van der Waals surface area contributed by atoms with Gasteiger partial charge in [0.05, 0.1) is 12.7 Å². The summed E-state index contributed by atoms with van der Waals surface area (Å²) < 4.78 is 66.4. The maximum Gasteiger partial charge on any atom is 0.425 e. The van der Waals surface area contributed by atoms with E-state index >= 15 is 4.39 Å². The first-order chi connectivity index (χ1) is 16.9. The number of methoxy groups -OCH3 is 1. The van der Waals surface area contributed by atoms with E-state index in [1.807, 2.05) is 0 Å². The van der Waals surface area contributed by atoms with Crippen LogP contribution in [0, 0.1) is 12.7 Å². The Morgan fingerprint density at radius 3 is 2.56 bits per heavy atom. The summed E-state index contributed by atoms with van der Waals surface area (Å²) in [5.74, 6) is -3.19. The molecule has 0 fully saturated rings. The van der Waals surface area contributed by atoms with Crippen molar-refractivity contribution in [3.8, 4) is 17.3 Å². The number of nitrogens with zero attached hydrogens (tertiary/aromatic N) is 4. The number of pyridine rings is 1. The average molecular weight is 511 g/mol. The molecule has 0 aliphatic carbocycles. The van der Waals surface area contributed by atoms with Crippen LogP contribution in [-0.2, 0) is 6.54 Å². The molecule has 0 saturated carbocycles. The number of amides is 1. The van der Waals surface area contributed by atoms with E-state index < -0.39 is 46.7 Å². The lowest BCUT2D eigenvalue weighted by Gasteiger charge is -2.21. The number of hydrogen-bond acceptors (Lipinski definition) is 7. The Bertz CT molecular complexity index is 1370. The topological polar surface area (TPSA) is 117 Å². The zero-order valence-corrected chi connectivity index (χ0v) is 19.5. The third-order valence-corrected chi connectivity index (χ3v) is 5.16. The van der Waals surface area contributed by atoms with Crippen LogP contribution in [0.1, 0.15) is 40.4 Å². The molecule has 0 saturated heterocycles. The molecule has 0 aliphatic heterocycles. The Hall–Kier alpha value is -4.23. The molecular formula is C22H21F4N5O5. The summed E-state index contributed by atoms with van der Waals surface area (Å²) >= 11 is 0. The van der Waals surface area contributed by atoms with E-state index in [0.717, 1.165) is 10.6 Å². The van der Waals surface area contributed by atoms with Crippen molar-refractivity contribution in [2.45, 2.75) is 39.6 Å². The van der Waals surface area contributed by atoms with Crippen LogP contribution < -0.4 is 20.5 Å². The van der Waals surface area contributed by atoms with Gasteiger partial charge in [-0.1, -0.05) is 0 Å². The monoisotopic (exact) mass is 511 g/mol. The number of benzene rings is 1. The number of alkyl halides is 3. The van der Waals surface area contributed by atoms with Gasteiger partial charge in [0.15, 0.2) is 18.2 Å². The van der Waals surface area contributed by atoms with Gasteiger partial charge in [0.2, 0.25) is 5.88 Å². The van der Waals surface area contributed by atoms with Crippen molar-refractivity contribution in [3.63, 3.8) is 0 Å². The van der Waals surface area contributed by atoms with Crippen molar-refractivity contribution in [3.05, 3.63) is 57.6 Å². The number of rotatable bonds is 8. The van der Waals surface area contributed by atoms with Gasteiger partial charge in [-0.15, -0.1) is 5.10 Å². The number of aryl methyl sites for hydroxylation is 1. The zero-order chi connectivity index (χ0) is 26.8. The van der Waals surface area contributed by atoms with E-state index in [9.17, 15) is 27.6 Å².